The van der Waals surface area contributed by atoms with Gasteiger partial charge in [0.2, 0.25) is 0 Å². The zero-order valence-electron chi connectivity index (χ0n) is 12.3. The van der Waals surface area contributed by atoms with Crippen LogP contribution in [0.4, 0.5) is 5.69 Å². The van der Waals surface area contributed by atoms with Gasteiger partial charge in [0.15, 0.2) is 0 Å². The van der Waals surface area contributed by atoms with Crippen LogP contribution in [0.15, 0.2) is 24.3 Å². The molecule has 0 radical (unpaired) electrons. The molecule has 2 aromatic rings. The summed E-state index contributed by atoms with van der Waals surface area (Å²) in [5.74, 6) is 0.554. The molecule has 21 heavy (non-hydrogen) atoms. The van der Waals surface area contributed by atoms with Crippen molar-refractivity contribution >= 4 is 34.5 Å². The lowest BCUT2D eigenvalue weighted by molar-refractivity contribution is -0.112. The second kappa shape index (κ2) is 5.64. The molecule has 0 spiro atoms. The van der Waals surface area contributed by atoms with E-state index < -0.39 is 0 Å². The lowest BCUT2D eigenvalue weighted by Gasteiger charge is -2.36. The lowest BCUT2D eigenvalue weighted by Crippen LogP contribution is -2.40. The van der Waals surface area contributed by atoms with Crippen molar-refractivity contribution < 1.29 is 4.79 Å². The van der Waals surface area contributed by atoms with Crippen molar-refractivity contribution in [2.24, 2.45) is 11.8 Å². The fourth-order valence-electron chi connectivity index (χ4n) is 3.16. The first-order valence-electron chi connectivity index (χ1n) is 7.35. The molecule has 1 aromatic carbocycles. The number of hydrogen-bond donors (Lipinski definition) is 0. The van der Waals surface area contributed by atoms with Crippen LogP contribution in [0, 0.1) is 18.8 Å². The van der Waals surface area contributed by atoms with E-state index in [4.69, 9.17) is 11.6 Å². The molecule has 1 aromatic heterocycles. The van der Waals surface area contributed by atoms with E-state index in [2.05, 4.69) is 22.9 Å². The highest BCUT2D eigenvalue weighted by Gasteiger charge is 2.26. The number of rotatable bonds is 2. The Balaban J connectivity index is 2.04. The number of aryl methyl sites for hydroxylation is 1. The maximum Gasteiger partial charge on any atom is 0.123 e. The Labute approximate surface area is 129 Å². The number of aromatic nitrogens is 1. The highest BCUT2D eigenvalue weighted by molar-refractivity contribution is 6.31. The van der Waals surface area contributed by atoms with Gasteiger partial charge in [0, 0.05) is 40.8 Å². The number of carbonyl (C=O) groups is 1. The smallest absolute Gasteiger partial charge is 0.123 e. The van der Waals surface area contributed by atoms with Gasteiger partial charge in [-0.1, -0.05) is 18.5 Å². The van der Waals surface area contributed by atoms with Crippen molar-refractivity contribution in [3.8, 4) is 0 Å². The summed E-state index contributed by atoms with van der Waals surface area (Å²) in [4.78, 5) is 18.0. The number of benzene rings is 1. The monoisotopic (exact) mass is 302 g/mol. The fourth-order valence-corrected chi connectivity index (χ4v) is 3.33. The molecule has 4 heteroatoms. The van der Waals surface area contributed by atoms with Gasteiger partial charge in [-0.3, -0.25) is 4.98 Å². The van der Waals surface area contributed by atoms with Crippen molar-refractivity contribution in [3.63, 3.8) is 0 Å². The minimum Gasteiger partial charge on any atom is -0.371 e. The van der Waals surface area contributed by atoms with Gasteiger partial charge in [0.05, 0.1) is 5.52 Å². The van der Waals surface area contributed by atoms with Crippen molar-refractivity contribution in [2.75, 3.05) is 18.0 Å². The number of aldehydes is 1. The summed E-state index contributed by atoms with van der Waals surface area (Å²) < 4.78 is 0. The summed E-state index contributed by atoms with van der Waals surface area (Å²) in [5.41, 5.74) is 3.15. The molecule has 3 nitrogen and oxygen atoms in total. The number of fused-ring (bicyclic) bond motifs is 1. The second-order valence-corrected chi connectivity index (χ2v) is 6.39. The number of pyridine rings is 1. The zero-order chi connectivity index (χ0) is 15.0. The molecule has 2 atom stereocenters. The molecule has 110 valence electrons. The largest absolute Gasteiger partial charge is 0.371 e. The first-order valence-corrected chi connectivity index (χ1v) is 7.73. The van der Waals surface area contributed by atoms with Crippen LogP contribution >= 0.6 is 11.6 Å². The van der Waals surface area contributed by atoms with E-state index in [-0.39, 0.29) is 5.92 Å². The number of hydrogen-bond acceptors (Lipinski definition) is 3. The summed E-state index contributed by atoms with van der Waals surface area (Å²) in [5, 5.41) is 1.81. The van der Waals surface area contributed by atoms with Crippen LogP contribution in [0.2, 0.25) is 5.02 Å². The summed E-state index contributed by atoms with van der Waals surface area (Å²) in [7, 11) is 0. The van der Waals surface area contributed by atoms with Crippen molar-refractivity contribution in [1.29, 1.82) is 0 Å². The van der Waals surface area contributed by atoms with Crippen LogP contribution in [-0.2, 0) is 4.79 Å². The van der Waals surface area contributed by atoms with E-state index in [1.165, 1.54) is 5.69 Å². The molecule has 1 aliphatic rings. The highest BCUT2D eigenvalue weighted by atomic mass is 35.5. The lowest BCUT2D eigenvalue weighted by atomic mass is 9.88. The summed E-state index contributed by atoms with van der Waals surface area (Å²) in [6, 6.07) is 7.94. The van der Waals surface area contributed by atoms with Crippen molar-refractivity contribution in [2.45, 2.75) is 20.3 Å². The Morgan fingerprint density at radius 3 is 2.90 bits per heavy atom. The maximum atomic E-state index is 11.1. The third-order valence-electron chi connectivity index (χ3n) is 4.36. The van der Waals surface area contributed by atoms with Crippen molar-refractivity contribution in [1.82, 2.24) is 4.98 Å². The van der Waals surface area contributed by atoms with Gasteiger partial charge in [-0.05, 0) is 43.5 Å². The molecule has 1 fully saturated rings. The molecule has 1 saturated heterocycles. The second-order valence-electron chi connectivity index (χ2n) is 5.96. The number of halogens is 1. The number of piperidine rings is 1. The Hall–Kier alpha value is -1.61. The van der Waals surface area contributed by atoms with Crippen LogP contribution in [0.3, 0.4) is 0 Å². The fraction of sp³-hybridized carbons (Fsp3) is 0.412. The van der Waals surface area contributed by atoms with Crippen LogP contribution in [0.5, 0.6) is 0 Å². The Bertz CT molecular complexity index is 686. The van der Waals surface area contributed by atoms with E-state index in [0.717, 1.165) is 47.4 Å². The summed E-state index contributed by atoms with van der Waals surface area (Å²) in [6.07, 6.45) is 2.02. The number of nitrogens with zero attached hydrogens (tertiary/aromatic N) is 2. The normalized spacial score (nSPS) is 22.5. The molecule has 0 aliphatic carbocycles. The van der Waals surface area contributed by atoms with Gasteiger partial charge in [0.1, 0.15) is 6.29 Å². The maximum absolute atomic E-state index is 11.1. The molecule has 0 bridgehead atoms. The molecule has 1 aliphatic heterocycles. The first kappa shape index (κ1) is 14.3. The minimum absolute atomic E-state index is 0.180. The highest BCUT2D eigenvalue weighted by Crippen LogP contribution is 2.33. The van der Waals surface area contributed by atoms with Crippen LogP contribution in [-0.4, -0.2) is 24.4 Å². The summed E-state index contributed by atoms with van der Waals surface area (Å²) in [6.45, 7) is 5.96. The van der Waals surface area contributed by atoms with Crippen LogP contribution in [0.1, 0.15) is 19.0 Å². The Morgan fingerprint density at radius 1 is 1.38 bits per heavy atom. The molecule has 0 amide bonds. The summed E-state index contributed by atoms with van der Waals surface area (Å²) >= 11 is 6.15. The van der Waals surface area contributed by atoms with Gasteiger partial charge in [-0.2, -0.15) is 0 Å². The third-order valence-corrected chi connectivity index (χ3v) is 4.60. The Morgan fingerprint density at radius 2 is 2.19 bits per heavy atom. The standard InChI is InChI=1S/C17H19ClN2O/c1-11-9-20(6-5-13(11)10-21)17-7-12(2)19-16-4-3-14(18)8-15(16)17/h3-4,7-8,10-11,13H,5-6,9H2,1-2H3. The van der Waals surface area contributed by atoms with E-state index in [9.17, 15) is 4.79 Å². The average Bonchev–Trinajstić information content (AvgIpc) is 2.47. The van der Waals surface area contributed by atoms with Crippen LogP contribution in [0.25, 0.3) is 10.9 Å². The quantitative estimate of drug-likeness (QED) is 0.790. The van der Waals surface area contributed by atoms with Crippen LogP contribution < -0.4 is 4.90 Å². The van der Waals surface area contributed by atoms with E-state index in [1.807, 2.05) is 25.1 Å². The molecule has 2 unspecified atom stereocenters. The third kappa shape index (κ3) is 2.75. The van der Waals surface area contributed by atoms with Gasteiger partial charge in [0.25, 0.3) is 0 Å². The molecular weight excluding hydrogens is 284 g/mol. The minimum atomic E-state index is 0.180. The van der Waals surface area contributed by atoms with Gasteiger partial charge in [-0.15, -0.1) is 0 Å². The molecular formula is C17H19ClN2O. The first-order chi connectivity index (χ1) is 10.1. The number of carbonyl (C=O) groups excluding carboxylic acids is 1. The predicted molar refractivity (Wildman–Crippen MR) is 87.0 cm³/mol. The molecule has 3 rings (SSSR count). The molecule has 0 N–H and O–H groups in total. The van der Waals surface area contributed by atoms with E-state index in [0.29, 0.717) is 5.92 Å². The average molecular weight is 303 g/mol. The van der Waals surface area contributed by atoms with Gasteiger partial charge in [-0.25, -0.2) is 0 Å². The topological polar surface area (TPSA) is 33.2 Å². The molecule has 0 saturated carbocycles. The van der Waals surface area contributed by atoms with Gasteiger partial charge >= 0.3 is 0 Å². The van der Waals surface area contributed by atoms with Gasteiger partial charge < -0.3 is 9.69 Å². The van der Waals surface area contributed by atoms with E-state index in [1.54, 1.807) is 0 Å². The molecule has 2 heterocycles. The SMILES string of the molecule is Cc1cc(N2CCC(C=O)C(C)C2)c2cc(Cl)ccc2n1. The zero-order valence-corrected chi connectivity index (χ0v) is 13.1. The predicted octanol–water partition coefficient (Wildman–Crippen LogP) is 3.86. The van der Waals surface area contributed by atoms with Crippen molar-refractivity contribution in [3.05, 3.63) is 35.0 Å². The van der Waals surface area contributed by atoms with E-state index >= 15 is 0 Å². The number of anilines is 1. The Kier molecular flexibility index (Phi) is 3.85.